The van der Waals surface area contributed by atoms with Gasteiger partial charge in [-0.15, -0.1) is 5.10 Å². The number of hydrogen-bond donors (Lipinski definition) is 2. The van der Waals surface area contributed by atoms with Crippen LogP contribution in [0.2, 0.25) is 5.02 Å². The van der Waals surface area contributed by atoms with E-state index in [9.17, 15) is 4.79 Å². The number of hydrogen-bond acceptors (Lipinski definition) is 7. The van der Waals surface area contributed by atoms with Crippen molar-refractivity contribution >= 4 is 44.4 Å². The zero-order valence-electron chi connectivity index (χ0n) is 22.3. The van der Waals surface area contributed by atoms with E-state index in [0.717, 1.165) is 57.2 Å². The lowest BCUT2D eigenvalue weighted by molar-refractivity contribution is 0.0518. The molecule has 0 aliphatic heterocycles. The molecule has 1 unspecified atom stereocenters. The fraction of sp³-hybridized carbons (Fsp3) is 0.267. The SMILES string of the molecule is CCOC(=O)c1[nH]c2cc(Cl)ccc2c1C(NC1CCC1)c1nnnn1-c1ccc(OCc2ccccc2Br)cc1. The van der Waals surface area contributed by atoms with Gasteiger partial charge in [0, 0.05) is 37.6 Å². The van der Waals surface area contributed by atoms with Gasteiger partial charge < -0.3 is 19.8 Å². The summed E-state index contributed by atoms with van der Waals surface area (Å²) < 4.78 is 14.1. The normalized spacial score (nSPS) is 14.1. The Labute approximate surface area is 250 Å². The molecule has 2 heterocycles. The van der Waals surface area contributed by atoms with Crippen LogP contribution < -0.4 is 10.1 Å². The number of esters is 1. The maximum atomic E-state index is 13.2. The molecule has 1 atom stereocenters. The Balaban J connectivity index is 1.36. The first-order valence-corrected chi connectivity index (χ1v) is 14.7. The third-order valence-electron chi connectivity index (χ3n) is 7.26. The molecule has 9 nitrogen and oxygen atoms in total. The number of rotatable bonds is 10. The van der Waals surface area contributed by atoms with Gasteiger partial charge in [0.25, 0.3) is 0 Å². The summed E-state index contributed by atoms with van der Waals surface area (Å²) in [5.74, 6) is 0.836. The van der Waals surface area contributed by atoms with Gasteiger partial charge in [0.1, 0.15) is 18.1 Å². The van der Waals surface area contributed by atoms with Crippen molar-refractivity contribution in [3.8, 4) is 11.4 Å². The third-order valence-corrected chi connectivity index (χ3v) is 8.27. The standard InChI is InChI=1S/C30H28BrClN6O3/c1-2-40-30(39)28-26(23-15-10-19(32)16-25(23)34-28)27(33-20-7-5-8-20)29-35-36-37-38(29)21-11-13-22(14-12-21)41-17-18-6-3-4-9-24(18)31/h3-4,6,9-16,20,27,33-34H,2,5,7-8,17H2,1H3. The molecular formula is C30H28BrClN6O3. The molecule has 1 aliphatic carbocycles. The molecule has 0 bridgehead atoms. The lowest BCUT2D eigenvalue weighted by Crippen LogP contribution is -2.39. The van der Waals surface area contributed by atoms with Crippen molar-refractivity contribution < 1.29 is 14.3 Å². The first-order valence-electron chi connectivity index (χ1n) is 13.5. The Bertz CT molecular complexity index is 1680. The first-order chi connectivity index (χ1) is 20.0. The van der Waals surface area contributed by atoms with Crippen LogP contribution in [0.1, 0.15) is 59.7 Å². The number of carbonyl (C=O) groups excluding carboxylic acids is 1. The van der Waals surface area contributed by atoms with Gasteiger partial charge in [-0.3, -0.25) is 0 Å². The summed E-state index contributed by atoms with van der Waals surface area (Å²) in [6, 6.07) is 20.9. The first kappa shape index (κ1) is 27.4. The van der Waals surface area contributed by atoms with Gasteiger partial charge in [0.2, 0.25) is 0 Å². The van der Waals surface area contributed by atoms with Crippen LogP contribution in [0.3, 0.4) is 0 Å². The second kappa shape index (κ2) is 12.0. The van der Waals surface area contributed by atoms with Gasteiger partial charge in [-0.2, -0.15) is 4.68 Å². The molecule has 2 N–H and O–H groups in total. The van der Waals surface area contributed by atoms with Crippen LogP contribution in [-0.4, -0.2) is 43.8 Å². The number of aromatic amines is 1. The Morgan fingerprint density at radius 1 is 1.17 bits per heavy atom. The van der Waals surface area contributed by atoms with Crippen molar-refractivity contribution in [3.05, 3.63) is 98.9 Å². The molecule has 6 rings (SSSR count). The zero-order valence-corrected chi connectivity index (χ0v) is 24.7. The molecular weight excluding hydrogens is 608 g/mol. The van der Waals surface area contributed by atoms with Crippen LogP contribution in [0.15, 0.2) is 71.2 Å². The average molecular weight is 636 g/mol. The number of nitrogens with zero attached hydrogens (tertiary/aromatic N) is 4. The molecule has 210 valence electrons. The Kier molecular flexibility index (Phi) is 8.04. The van der Waals surface area contributed by atoms with Gasteiger partial charge >= 0.3 is 5.97 Å². The van der Waals surface area contributed by atoms with Gasteiger partial charge in [0.15, 0.2) is 5.82 Å². The van der Waals surface area contributed by atoms with Crippen molar-refractivity contribution in [3.63, 3.8) is 0 Å². The van der Waals surface area contributed by atoms with Crippen molar-refractivity contribution in [2.45, 2.75) is 44.9 Å². The maximum absolute atomic E-state index is 13.2. The van der Waals surface area contributed by atoms with Gasteiger partial charge in [-0.1, -0.05) is 58.2 Å². The highest BCUT2D eigenvalue weighted by molar-refractivity contribution is 9.10. The van der Waals surface area contributed by atoms with E-state index in [1.807, 2.05) is 60.7 Å². The van der Waals surface area contributed by atoms with Crippen LogP contribution in [-0.2, 0) is 11.3 Å². The van der Waals surface area contributed by atoms with Crippen LogP contribution in [0.4, 0.5) is 0 Å². The second-order valence-electron chi connectivity index (χ2n) is 9.87. The quantitative estimate of drug-likeness (QED) is 0.168. The molecule has 0 radical (unpaired) electrons. The van der Waals surface area contributed by atoms with Crippen LogP contribution >= 0.6 is 27.5 Å². The van der Waals surface area contributed by atoms with Crippen LogP contribution in [0.5, 0.6) is 5.75 Å². The van der Waals surface area contributed by atoms with E-state index in [1.54, 1.807) is 17.7 Å². The highest BCUT2D eigenvalue weighted by Crippen LogP contribution is 2.36. The van der Waals surface area contributed by atoms with E-state index in [1.165, 1.54) is 0 Å². The smallest absolute Gasteiger partial charge is 0.355 e. The van der Waals surface area contributed by atoms with E-state index < -0.39 is 12.0 Å². The van der Waals surface area contributed by atoms with E-state index in [-0.39, 0.29) is 12.6 Å². The molecule has 1 fully saturated rings. The summed E-state index contributed by atoms with van der Waals surface area (Å²) in [5.41, 5.74) is 3.64. The molecule has 0 saturated heterocycles. The number of H-pyrrole nitrogens is 1. The second-order valence-corrected chi connectivity index (χ2v) is 11.2. The molecule has 5 aromatic rings. The number of nitrogens with one attached hydrogen (secondary N) is 2. The lowest BCUT2D eigenvalue weighted by Gasteiger charge is -2.31. The Morgan fingerprint density at radius 3 is 2.71 bits per heavy atom. The van der Waals surface area contributed by atoms with Crippen molar-refractivity contribution in [2.24, 2.45) is 0 Å². The number of carbonyl (C=O) groups is 1. The lowest BCUT2D eigenvalue weighted by atomic mass is 9.90. The molecule has 0 amide bonds. The highest BCUT2D eigenvalue weighted by Gasteiger charge is 2.33. The average Bonchev–Trinajstić information content (AvgIpc) is 3.58. The summed E-state index contributed by atoms with van der Waals surface area (Å²) in [6.07, 6.45) is 3.21. The highest BCUT2D eigenvalue weighted by atomic mass is 79.9. The van der Waals surface area contributed by atoms with Crippen molar-refractivity contribution in [2.75, 3.05) is 6.61 Å². The third kappa shape index (κ3) is 5.72. The molecule has 1 saturated carbocycles. The summed E-state index contributed by atoms with van der Waals surface area (Å²) in [5, 5.41) is 17.9. The van der Waals surface area contributed by atoms with Crippen LogP contribution in [0, 0.1) is 0 Å². The number of tetrazole rings is 1. The predicted molar refractivity (Wildman–Crippen MR) is 160 cm³/mol. The summed E-state index contributed by atoms with van der Waals surface area (Å²) >= 11 is 9.86. The minimum absolute atomic E-state index is 0.252. The minimum atomic E-state index is -0.490. The number of benzene rings is 3. The summed E-state index contributed by atoms with van der Waals surface area (Å²) in [4.78, 5) is 16.4. The number of aromatic nitrogens is 5. The van der Waals surface area contributed by atoms with Crippen molar-refractivity contribution in [1.29, 1.82) is 0 Å². The van der Waals surface area contributed by atoms with Gasteiger partial charge in [-0.05, 0) is 72.7 Å². The fourth-order valence-corrected chi connectivity index (χ4v) is 5.54. The maximum Gasteiger partial charge on any atom is 0.355 e. The summed E-state index contributed by atoms with van der Waals surface area (Å²) in [7, 11) is 0. The van der Waals surface area contributed by atoms with Gasteiger partial charge in [-0.25, -0.2) is 4.79 Å². The number of fused-ring (bicyclic) bond motifs is 1. The Morgan fingerprint density at radius 2 is 1.98 bits per heavy atom. The van der Waals surface area contributed by atoms with Crippen molar-refractivity contribution in [1.82, 2.24) is 30.5 Å². The van der Waals surface area contributed by atoms with E-state index >= 15 is 0 Å². The van der Waals surface area contributed by atoms with E-state index in [0.29, 0.717) is 23.1 Å². The van der Waals surface area contributed by atoms with E-state index in [4.69, 9.17) is 21.1 Å². The molecule has 11 heteroatoms. The van der Waals surface area contributed by atoms with E-state index in [2.05, 4.69) is 41.8 Å². The molecule has 41 heavy (non-hydrogen) atoms. The van der Waals surface area contributed by atoms with Crippen LogP contribution in [0.25, 0.3) is 16.6 Å². The fourth-order valence-electron chi connectivity index (χ4n) is 4.97. The molecule has 0 spiro atoms. The Hall–Kier alpha value is -3.73. The predicted octanol–water partition coefficient (Wildman–Crippen LogP) is 6.55. The number of ether oxygens (including phenoxy) is 2. The number of halogens is 2. The monoisotopic (exact) mass is 634 g/mol. The zero-order chi connectivity index (χ0) is 28.3. The molecule has 3 aromatic carbocycles. The summed E-state index contributed by atoms with van der Waals surface area (Å²) in [6.45, 7) is 2.47. The minimum Gasteiger partial charge on any atom is -0.489 e. The van der Waals surface area contributed by atoms with Gasteiger partial charge in [0.05, 0.1) is 18.3 Å². The topological polar surface area (TPSA) is 107 Å². The molecule has 2 aromatic heterocycles. The largest absolute Gasteiger partial charge is 0.489 e. The molecule has 1 aliphatic rings.